The summed E-state index contributed by atoms with van der Waals surface area (Å²) >= 11 is 0. The molecule has 1 atom stereocenters. The average Bonchev–Trinajstić information content (AvgIpc) is 2.73. The van der Waals surface area contributed by atoms with E-state index in [0.717, 1.165) is 30.8 Å². The van der Waals surface area contributed by atoms with Gasteiger partial charge in [0.2, 0.25) is 5.91 Å². The van der Waals surface area contributed by atoms with E-state index in [2.05, 4.69) is 22.5 Å². The molecule has 150 valence electrons. The van der Waals surface area contributed by atoms with E-state index in [-0.39, 0.29) is 5.91 Å². The Morgan fingerprint density at radius 1 is 1.18 bits per heavy atom. The van der Waals surface area contributed by atoms with E-state index < -0.39 is 0 Å². The van der Waals surface area contributed by atoms with Gasteiger partial charge in [-0.15, -0.1) is 0 Å². The van der Waals surface area contributed by atoms with Crippen molar-refractivity contribution >= 4 is 5.91 Å². The summed E-state index contributed by atoms with van der Waals surface area (Å²) in [6.45, 7) is 6.27. The predicted octanol–water partition coefficient (Wildman–Crippen LogP) is 2.18. The van der Waals surface area contributed by atoms with Gasteiger partial charge in [0.25, 0.3) is 0 Å². The topological polar surface area (TPSA) is 62.8 Å². The monoisotopic (exact) mass is 383 g/mol. The summed E-state index contributed by atoms with van der Waals surface area (Å²) in [4.78, 5) is 14.5. The number of carbonyl (C=O) groups excluding carboxylic acids is 1. The smallest absolute Gasteiger partial charge is 0.234 e. The molecule has 2 N–H and O–H groups in total. The fraction of sp³-hybridized carbons (Fsp3) is 0.409. The highest BCUT2D eigenvalue weighted by atomic mass is 16.5. The summed E-state index contributed by atoms with van der Waals surface area (Å²) in [5.74, 6) is 1.39. The Morgan fingerprint density at radius 3 is 2.75 bits per heavy atom. The fourth-order valence-electron chi connectivity index (χ4n) is 3.24. The highest BCUT2D eigenvalue weighted by Gasteiger charge is 2.20. The molecule has 0 aliphatic carbocycles. The Bertz CT molecular complexity index is 767. The van der Waals surface area contributed by atoms with E-state index in [1.807, 2.05) is 48.5 Å². The third kappa shape index (κ3) is 5.71. The van der Waals surface area contributed by atoms with Crippen LogP contribution >= 0.6 is 0 Å². The zero-order valence-corrected chi connectivity index (χ0v) is 16.6. The minimum Gasteiger partial charge on any atom is -0.493 e. The first kappa shape index (κ1) is 20.2. The van der Waals surface area contributed by atoms with Crippen molar-refractivity contribution in [3.05, 3.63) is 59.7 Å². The number of nitrogens with zero attached hydrogens (tertiary/aromatic N) is 1. The quantitative estimate of drug-likeness (QED) is 0.732. The van der Waals surface area contributed by atoms with Gasteiger partial charge in [-0.2, -0.15) is 0 Å². The van der Waals surface area contributed by atoms with Gasteiger partial charge in [0.05, 0.1) is 13.7 Å². The van der Waals surface area contributed by atoms with E-state index in [1.54, 1.807) is 7.11 Å². The number of piperazine rings is 1. The number of carbonyl (C=O) groups is 1. The maximum Gasteiger partial charge on any atom is 0.234 e. The second-order valence-electron chi connectivity index (χ2n) is 7.06. The predicted molar refractivity (Wildman–Crippen MR) is 110 cm³/mol. The van der Waals surface area contributed by atoms with Gasteiger partial charge in [0, 0.05) is 32.2 Å². The largest absolute Gasteiger partial charge is 0.493 e. The van der Waals surface area contributed by atoms with E-state index in [9.17, 15) is 4.79 Å². The van der Waals surface area contributed by atoms with E-state index in [1.165, 1.54) is 0 Å². The second kappa shape index (κ2) is 10.1. The highest BCUT2D eigenvalue weighted by molar-refractivity contribution is 5.78. The van der Waals surface area contributed by atoms with Crippen molar-refractivity contribution in [1.82, 2.24) is 15.5 Å². The molecule has 0 aromatic heterocycles. The Balaban J connectivity index is 1.52. The summed E-state index contributed by atoms with van der Waals surface area (Å²) < 4.78 is 11.3. The van der Waals surface area contributed by atoms with E-state index >= 15 is 0 Å². The third-order valence-electron chi connectivity index (χ3n) is 4.94. The van der Waals surface area contributed by atoms with Crippen molar-refractivity contribution in [1.29, 1.82) is 0 Å². The van der Waals surface area contributed by atoms with Crippen LogP contribution in [0.1, 0.15) is 18.1 Å². The number of methoxy groups -OCH3 is 1. The molecule has 2 aromatic carbocycles. The molecule has 1 heterocycles. The minimum atomic E-state index is 0.0390. The Morgan fingerprint density at radius 2 is 2.00 bits per heavy atom. The van der Waals surface area contributed by atoms with E-state index in [4.69, 9.17) is 9.47 Å². The molecular weight excluding hydrogens is 354 g/mol. The van der Waals surface area contributed by atoms with Crippen molar-refractivity contribution < 1.29 is 14.3 Å². The number of hydrogen-bond acceptors (Lipinski definition) is 5. The van der Waals surface area contributed by atoms with Gasteiger partial charge in [0.1, 0.15) is 6.61 Å². The lowest BCUT2D eigenvalue weighted by molar-refractivity contribution is -0.123. The van der Waals surface area contributed by atoms with Gasteiger partial charge in [-0.3, -0.25) is 9.69 Å². The van der Waals surface area contributed by atoms with Crippen molar-refractivity contribution in [2.45, 2.75) is 26.1 Å². The van der Waals surface area contributed by atoms with Crippen LogP contribution in [-0.2, 0) is 17.9 Å². The first-order valence-electron chi connectivity index (χ1n) is 9.71. The van der Waals surface area contributed by atoms with Gasteiger partial charge in [-0.05, 0) is 30.2 Å². The van der Waals surface area contributed by atoms with E-state index in [0.29, 0.717) is 37.2 Å². The molecule has 0 spiro atoms. The van der Waals surface area contributed by atoms with Crippen LogP contribution in [0.2, 0.25) is 0 Å². The summed E-state index contributed by atoms with van der Waals surface area (Å²) in [5, 5.41) is 6.33. The van der Waals surface area contributed by atoms with Gasteiger partial charge in [-0.25, -0.2) is 0 Å². The SMILES string of the molecule is COc1cc(CNC(=O)CN2CCNC[C@H]2C)ccc1OCc1ccccc1. The minimum absolute atomic E-state index is 0.0390. The molecule has 1 fully saturated rings. The molecule has 1 aliphatic heterocycles. The van der Waals surface area contributed by atoms with Crippen LogP contribution in [0.25, 0.3) is 0 Å². The highest BCUT2D eigenvalue weighted by Crippen LogP contribution is 2.28. The summed E-state index contributed by atoms with van der Waals surface area (Å²) in [7, 11) is 1.62. The third-order valence-corrected chi connectivity index (χ3v) is 4.94. The molecule has 28 heavy (non-hydrogen) atoms. The molecule has 3 rings (SSSR count). The molecule has 0 bridgehead atoms. The molecule has 1 aliphatic rings. The maximum atomic E-state index is 12.3. The average molecular weight is 383 g/mol. The van der Waals surface area contributed by atoms with Crippen LogP contribution < -0.4 is 20.1 Å². The van der Waals surface area contributed by atoms with Crippen LogP contribution in [0, 0.1) is 0 Å². The first-order valence-corrected chi connectivity index (χ1v) is 9.71. The standard InChI is InChI=1S/C22H29N3O3/c1-17-13-23-10-11-25(17)15-22(26)24-14-19-8-9-20(21(12-19)27-2)28-16-18-6-4-3-5-7-18/h3-9,12,17,23H,10-11,13-16H2,1-2H3,(H,24,26)/t17-/m1/s1. The number of rotatable bonds is 8. The molecule has 1 saturated heterocycles. The maximum absolute atomic E-state index is 12.3. The fourth-order valence-corrected chi connectivity index (χ4v) is 3.24. The number of benzene rings is 2. The van der Waals surface area contributed by atoms with Gasteiger partial charge in [0.15, 0.2) is 11.5 Å². The molecule has 1 amide bonds. The lowest BCUT2D eigenvalue weighted by Gasteiger charge is -2.33. The normalized spacial score (nSPS) is 17.1. The molecule has 0 saturated carbocycles. The van der Waals surface area contributed by atoms with Crippen molar-refractivity contribution in [2.75, 3.05) is 33.3 Å². The van der Waals surface area contributed by atoms with Crippen LogP contribution in [0.5, 0.6) is 11.5 Å². The van der Waals surface area contributed by atoms with Gasteiger partial charge >= 0.3 is 0 Å². The summed E-state index contributed by atoms with van der Waals surface area (Å²) in [6.07, 6.45) is 0. The summed E-state index contributed by atoms with van der Waals surface area (Å²) in [6, 6.07) is 16.1. The Kier molecular flexibility index (Phi) is 7.28. The molecule has 0 radical (unpaired) electrons. The number of ether oxygens (including phenoxy) is 2. The Labute approximate surface area is 166 Å². The van der Waals surface area contributed by atoms with Crippen LogP contribution in [0.15, 0.2) is 48.5 Å². The molecule has 6 heteroatoms. The van der Waals surface area contributed by atoms with Crippen LogP contribution in [0.3, 0.4) is 0 Å². The van der Waals surface area contributed by atoms with Gasteiger partial charge in [-0.1, -0.05) is 36.4 Å². The summed E-state index contributed by atoms with van der Waals surface area (Å²) in [5.41, 5.74) is 2.08. The lowest BCUT2D eigenvalue weighted by atomic mass is 10.2. The van der Waals surface area contributed by atoms with Crippen molar-refractivity contribution in [3.8, 4) is 11.5 Å². The second-order valence-corrected chi connectivity index (χ2v) is 7.06. The molecular formula is C22H29N3O3. The zero-order chi connectivity index (χ0) is 19.8. The number of amides is 1. The molecule has 0 unspecified atom stereocenters. The lowest BCUT2D eigenvalue weighted by Crippen LogP contribution is -2.52. The van der Waals surface area contributed by atoms with Gasteiger partial charge < -0.3 is 20.1 Å². The number of hydrogen-bond donors (Lipinski definition) is 2. The Hall–Kier alpha value is -2.57. The number of nitrogens with one attached hydrogen (secondary N) is 2. The first-order chi connectivity index (χ1) is 13.7. The zero-order valence-electron chi connectivity index (χ0n) is 16.6. The molecule has 2 aromatic rings. The molecule has 6 nitrogen and oxygen atoms in total. The van der Waals surface area contributed by atoms with Crippen LogP contribution in [-0.4, -0.2) is 50.1 Å². The van der Waals surface area contributed by atoms with Crippen molar-refractivity contribution in [3.63, 3.8) is 0 Å². The van der Waals surface area contributed by atoms with Crippen LogP contribution in [0.4, 0.5) is 0 Å². The van der Waals surface area contributed by atoms with Crippen molar-refractivity contribution in [2.24, 2.45) is 0 Å².